The monoisotopic (exact) mass is 380 g/mol. The predicted molar refractivity (Wildman–Crippen MR) is 93.8 cm³/mol. The molecule has 0 fully saturated rings. The van der Waals surface area contributed by atoms with Crippen LogP contribution in [0.5, 0.6) is 11.5 Å². The quantitative estimate of drug-likeness (QED) is 0.644. The number of rotatable bonds is 10. The van der Waals surface area contributed by atoms with Crippen LogP contribution in [0.25, 0.3) is 0 Å². The highest BCUT2D eigenvalue weighted by Crippen LogP contribution is 2.32. The molecule has 1 N–H and O–H groups in total. The van der Waals surface area contributed by atoms with Crippen LogP contribution < -0.4 is 18.5 Å². The Labute approximate surface area is 143 Å². The van der Waals surface area contributed by atoms with Gasteiger partial charge in [0.15, 0.2) is 11.5 Å². The van der Waals surface area contributed by atoms with Gasteiger partial charge in [0.25, 0.3) is 0 Å². The van der Waals surface area contributed by atoms with Crippen LogP contribution in [0.1, 0.15) is 13.3 Å². The zero-order valence-corrected chi connectivity index (χ0v) is 15.9. The Morgan fingerprint density at radius 2 is 1.71 bits per heavy atom. The average Bonchev–Trinajstić information content (AvgIpc) is 2.49. The van der Waals surface area contributed by atoms with Crippen LogP contribution >= 0.6 is 0 Å². The van der Waals surface area contributed by atoms with Crippen LogP contribution in [0.4, 0.5) is 5.69 Å². The van der Waals surface area contributed by atoms with Gasteiger partial charge < -0.3 is 9.47 Å². The van der Waals surface area contributed by atoms with E-state index in [1.165, 1.54) is 20.3 Å². The number of hydrogen-bond donors (Lipinski definition) is 1. The first-order valence-corrected chi connectivity index (χ1v) is 10.8. The summed E-state index contributed by atoms with van der Waals surface area (Å²) in [6.45, 7) is 1.70. The Morgan fingerprint density at radius 1 is 1.08 bits per heavy atom. The highest BCUT2D eigenvalue weighted by molar-refractivity contribution is 7.92. The van der Waals surface area contributed by atoms with E-state index in [1.54, 1.807) is 19.1 Å². The van der Waals surface area contributed by atoms with Crippen LogP contribution in [0.15, 0.2) is 18.2 Å². The maximum Gasteiger partial charge on any atom is 0.232 e. The molecule has 0 bridgehead atoms. The largest absolute Gasteiger partial charge is 0.493 e. The van der Waals surface area contributed by atoms with Crippen molar-refractivity contribution in [2.24, 2.45) is 0 Å². The SMILES string of the molecule is CCCS(=O)(=O)NCCN(c1ccc(OC)c(OC)c1)S(C)(=O)=O. The molecule has 0 aliphatic heterocycles. The summed E-state index contributed by atoms with van der Waals surface area (Å²) in [5, 5.41) is 0. The Kier molecular flexibility index (Phi) is 7.30. The molecule has 0 aliphatic rings. The normalized spacial score (nSPS) is 12.0. The van der Waals surface area contributed by atoms with E-state index in [4.69, 9.17) is 9.47 Å². The van der Waals surface area contributed by atoms with Gasteiger partial charge in [-0.2, -0.15) is 0 Å². The lowest BCUT2D eigenvalue weighted by molar-refractivity contribution is 0.355. The minimum Gasteiger partial charge on any atom is -0.493 e. The van der Waals surface area contributed by atoms with E-state index < -0.39 is 20.0 Å². The fourth-order valence-electron chi connectivity index (χ4n) is 2.11. The summed E-state index contributed by atoms with van der Waals surface area (Å²) in [7, 11) is -4.05. The smallest absolute Gasteiger partial charge is 0.232 e. The van der Waals surface area contributed by atoms with E-state index in [0.717, 1.165) is 10.6 Å². The van der Waals surface area contributed by atoms with Crippen molar-refractivity contribution < 1.29 is 26.3 Å². The molecule has 138 valence electrons. The first-order chi connectivity index (χ1) is 11.1. The summed E-state index contributed by atoms with van der Waals surface area (Å²) in [4.78, 5) is 0. The highest BCUT2D eigenvalue weighted by Gasteiger charge is 2.20. The number of sulfonamides is 2. The van der Waals surface area contributed by atoms with Gasteiger partial charge in [-0.1, -0.05) is 6.92 Å². The van der Waals surface area contributed by atoms with Crippen LogP contribution in [0.3, 0.4) is 0 Å². The minimum absolute atomic E-state index is 0.00222. The second kappa shape index (κ2) is 8.54. The van der Waals surface area contributed by atoms with Gasteiger partial charge in [-0.3, -0.25) is 4.31 Å². The van der Waals surface area contributed by atoms with Gasteiger partial charge in [0, 0.05) is 19.2 Å². The molecule has 0 heterocycles. The molecule has 0 saturated carbocycles. The number of benzene rings is 1. The Morgan fingerprint density at radius 3 is 2.21 bits per heavy atom. The highest BCUT2D eigenvalue weighted by atomic mass is 32.2. The first kappa shape index (κ1) is 20.5. The third kappa shape index (κ3) is 5.84. The van der Waals surface area contributed by atoms with E-state index in [-0.39, 0.29) is 18.8 Å². The van der Waals surface area contributed by atoms with Gasteiger partial charge in [-0.05, 0) is 18.6 Å². The van der Waals surface area contributed by atoms with Crippen molar-refractivity contribution in [3.63, 3.8) is 0 Å². The molecule has 0 atom stereocenters. The Bertz CT molecular complexity index is 747. The van der Waals surface area contributed by atoms with Crippen molar-refractivity contribution in [1.82, 2.24) is 4.72 Å². The third-order valence-electron chi connectivity index (χ3n) is 3.17. The maximum atomic E-state index is 12.0. The number of ether oxygens (including phenoxy) is 2. The van der Waals surface area contributed by atoms with Crippen LogP contribution in [0, 0.1) is 0 Å². The van der Waals surface area contributed by atoms with Crippen LogP contribution in [0.2, 0.25) is 0 Å². The molecule has 0 amide bonds. The minimum atomic E-state index is -3.59. The summed E-state index contributed by atoms with van der Waals surface area (Å²) in [5.74, 6) is 0.857. The lowest BCUT2D eigenvalue weighted by Gasteiger charge is -2.23. The van der Waals surface area contributed by atoms with Crippen LogP contribution in [-0.4, -0.2) is 56.2 Å². The van der Waals surface area contributed by atoms with Gasteiger partial charge >= 0.3 is 0 Å². The summed E-state index contributed by atoms with van der Waals surface area (Å²) < 4.78 is 61.2. The zero-order chi connectivity index (χ0) is 18.4. The summed E-state index contributed by atoms with van der Waals surface area (Å²) in [5.41, 5.74) is 0.366. The molecule has 0 radical (unpaired) electrons. The molecule has 0 unspecified atom stereocenters. The Balaban J connectivity index is 2.99. The van der Waals surface area contributed by atoms with Crippen molar-refractivity contribution in [1.29, 1.82) is 0 Å². The van der Waals surface area contributed by atoms with E-state index in [9.17, 15) is 16.8 Å². The molecule has 1 rings (SSSR count). The fourth-order valence-corrected chi connectivity index (χ4v) is 4.11. The van der Waals surface area contributed by atoms with Gasteiger partial charge in [0.05, 0.1) is 31.9 Å². The molecule has 1 aromatic carbocycles. The lowest BCUT2D eigenvalue weighted by atomic mass is 10.2. The molecule has 0 spiro atoms. The summed E-state index contributed by atoms with van der Waals surface area (Å²) in [6.07, 6.45) is 1.55. The molecular weight excluding hydrogens is 356 g/mol. The van der Waals surface area contributed by atoms with Gasteiger partial charge in [-0.15, -0.1) is 0 Å². The molecule has 0 aliphatic carbocycles. The van der Waals surface area contributed by atoms with Crippen molar-refractivity contribution in [3.8, 4) is 11.5 Å². The molecule has 24 heavy (non-hydrogen) atoms. The van der Waals surface area contributed by atoms with E-state index in [2.05, 4.69) is 4.72 Å². The fraction of sp³-hybridized carbons (Fsp3) is 0.571. The number of nitrogens with zero attached hydrogens (tertiary/aromatic N) is 1. The standard InChI is InChI=1S/C14H24N2O6S2/c1-5-10-24(19,20)15-8-9-16(23(4,17)18)12-6-7-13(21-2)14(11-12)22-3/h6-7,11,15H,5,8-10H2,1-4H3. The lowest BCUT2D eigenvalue weighted by Crippen LogP contribution is -2.38. The molecule has 1 aromatic rings. The summed E-state index contributed by atoms with van der Waals surface area (Å²) in [6, 6.07) is 4.69. The van der Waals surface area contributed by atoms with Crippen molar-refractivity contribution in [2.75, 3.05) is 43.6 Å². The van der Waals surface area contributed by atoms with Crippen molar-refractivity contribution in [2.45, 2.75) is 13.3 Å². The van der Waals surface area contributed by atoms with Gasteiger partial charge in [-0.25, -0.2) is 21.6 Å². The van der Waals surface area contributed by atoms with Crippen molar-refractivity contribution in [3.05, 3.63) is 18.2 Å². The van der Waals surface area contributed by atoms with Crippen molar-refractivity contribution >= 4 is 25.7 Å². The molecule has 0 saturated heterocycles. The molecular formula is C14H24N2O6S2. The van der Waals surface area contributed by atoms with Gasteiger partial charge in [0.2, 0.25) is 20.0 Å². The zero-order valence-electron chi connectivity index (χ0n) is 14.3. The van der Waals surface area contributed by atoms with E-state index in [0.29, 0.717) is 23.6 Å². The molecule has 0 aromatic heterocycles. The van der Waals surface area contributed by atoms with E-state index >= 15 is 0 Å². The molecule has 10 heteroatoms. The topological polar surface area (TPSA) is 102 Å². The number of methoxy groups -OCH3 is 2. The predicted octanol–water partition coefficient (Wildman–Crippen LogP) is 0.799. The number of hydrogen-bond acceptors (Lipinski definition) is 6. The van der Waals surface area contributed by atoms with E-state index in [1.807, 2.05) is 0 Å². The number of anilines is 1. The average molecular weight is 380 g/mol. The number of nitrogens with one attached hydrogen (secondary N) is 1. The second-order valence-electron chi connectivity index (χ2n) is 5.09. The van der Waals surface area contributed by atoms with Gasteiger partial charge in [0.1, 0.15) is 0 Å². The Hall–Kier alpha value is -1.52. The maximum absolute atomic E-state index is 12.0. The first-order valence-electron chi connectivity index (χ1n) is 7.31. The third-order valence-corrected chi connectivity index (χ3v) is 5.95. The molecule has 8 nitrogen and oxygen atoms in total. The van der Waals surface area contributed by atoms with Crippen LogP contribution in [-0.2, 0) is 20.0 Å². The summed E-state index contributed by atoms with van der Waals surface area (Å²) >= 11 is 0. The second-order valence-corrected chi connectivity index (χ2v) is 8.92.